The fraction of sp³-hybridized carbons (Fsp3) is 0.647. The van der Waals surface area contributed by atoms with Gasteiger partial charge in [-0.25, -0.2) is 9.97 Å². The van der Waals surface area contributed by atoms with Crippen LogP contribution in [0.5, 0.6) is 0 Å². The van der Waals surface area contributed by atoms with Gasteiger partial charge in [0.15, 0.2) is 0 Å². The first-order valence-corrected chi connectivity index (χ1v) is 8.50. The summed E-state index contributed by atoms with van der Waals surface area (Å²) < 4.78 is 0. The molecule has 0 amide bonds. The monoisotopic (exact) mass is 284 g/mol. The second-order valence-electron chi connectivity index (χ2n) is 6.65. The first-order chi connectivity index (χ1) is 10.4. The number of nitrogens with one attached hydrogen (secondary N) is 2. The topological polar surface area (TPSA) is 53.6 Å². The highest BCUT2D eigenvalue weighted by Crippen LogP contribution is 2.39. The molecule has 2 aromatic rings. The third-order valence-corrected chi connectivity index (χ3v) is 5.24. The Morgan fingerprint density at radius 3 is 2.52 bits per heavy atom. The number of nitrogens with zero attached hydrogens (tertiary/aromatic N) is 2. The summed E-state index contributed by atoms with van der Waals surface area (Å²) in [5.41, 5.74) is 2.42. The Balaban J connectivity index is 1.68. The Morgan fingerprint density at radius 2 is 1.71 bits per heavy atom. The molecule has 2 aliphatic rings. The lowest BCUT2D eigenvalue weighted by molar-refractivity contribution is 0.462. The van der Waals surface area contributed by atoms with Gasteiger partial charge in [0.2, 0.25) is 0 Å². The zero-order valence-electron chi connectivity index (χ0n) is 12.6. The van der Waals surface area contributed by atoms with Crippen molar-refractivity contribution >= 4 is 16.9 Å². The van der Waals surface area contributed by atoms with E-state index in [4.69, 9.17) is 0 Å². The Labute approximate surface area is 125 Å². The molecule has 0 aliphatic heterocycles. The largest absolute Gasteiger partial charge is 0.367 e. The van der Waals surface area contributed by atoms with Crippen molar-refractivity contribution in [3.8, 4) is 0 Å². The molecule has 4 heteroatoms. The van der Waals surface area contributed by atoms with Crippen molar-refractivity contribution in [1.29, 1.82) is 0 Å². The first kappa shape index (κ1) is 13.1. The number of hydrogen-bond acceptors (Lipinski definition) is 3. The quantitative estimate of drug-likeness (QED) is 0.880. The van der Waals surface area contributed by atoms with Gasteiger partial charge in [-0.2, -0.15) is 0 Å². The van der Waals surface area contributed by atoms with Crippen LogP contribution in [0.4, 0.5) is 5.82 Å². The molecule has 4 rings (SSSR count). The molecule has 2 saturated carbocycles. The SMILES string of the molecule is c1nc(NC2CCCCC2)c2c(C3CCCC3)c[nH]c2n1. The summed E-state index contributed by atoms with van der Waals surface area (Å²) in [6.45, 7) is 0. The lowest BCUT2D eigenvalue weighted by Crippen LogP contribution is -2.23. The summed E-state index contributed by atoms with van der Waals surface area (Å²) in [4.78, 5) is 12.3. The van der Waals surface area contributed by atoms with Gasteiger partial charge in [-0.15, -0.1) is 0 Å². The van der Waals surface area contributed by atoms with Crippen molar-refractivity contribution in [2.75, 3.05) is 5.32 Å². The highest BCUT2D eigenvalue weighted by atomic mass is 15.1. The second-order valence-corrected chi connectivity index (χ2v) is 6.65. The van der Waals surface area contributed by atoms with Crippen molar-refractivity contribution in [3.63, 3.8) is 0 Å². The molecule has 2 heterocycles. The maximum Gasteiger partial charge on any atom is 0.143 e. The standard InChI is InChI=1S/C17H24N4/c1-2-8-13(9-3-1)21-17-15-14(12-6-4-5-7-12)10-18-16(15)19-11-20-17/h10-13H,1-9H2,(H2,18,19,20,21). The molecule has 21 heavy (non-hydrogen) atoms. The van der Waals surface area contributed by atoms with Crippen LogP contribution in [0.1, 0.15) is 69.3 Å². The van der Waals surface area contributed by atoms with Gasteiger partial charge in [-0.3, -0.25) is 0 Å². The smallest absolute Gasteiger partial charge is 0.143 e. The number of anilines is 1. The van der Waals surface area contributed by atoms with E-state index in [9.17, 15) is 0 Å². The second kappa shape index (κ2) is 5.66. The molecule has 0 radical (unpaired) electrons. The predicted octanol–water partition coefficient (Wildman–Crippen LogP) is 4.36. The van der Waals surface area contributed by atoms with E-state index >= 15 is 0 Å². The van der Waals surface area contributed by atoms with Crippen LogP contribution in [0.2, 0.25) is 0 Å². The molecule has 0 unspecified atom stereocenters. The molecule has 2 fully saturated rings. The maximum atomic E-state index is 4.56. The van der Waals surface area contributed by atoms with E-state index in [1.54, 1.807) is 6.33 Å². The van der Waals surface area contributed by atoms with Gasteiger partial charge in [0.25, 0.3) is 0 Å². The average Bonchev–Trinajstić information content (AvgIpc) is 3.17. The number of H-pyrrole nitrogens is 1. The molecule has 2 N–H and O–H groups in total. The van der Waals surface area contributed by atoms with E-state index in [0.29, 0.717) is 12.0 Å². The fourth-order valence-electron chi connectivity index (χ4n) is 4.10. The Hall–Kier alpha value is -1.58. The van der Waals surface area contributed by atoms with E-state index < -0.39 is 0 Å². The number of fused-ring (bicyclic) bond motifs is 1. The van der Waals surface area contributed by atoms with Crippen LogP contribution in [0.3, 0.4) is 0 Å². The molecular weight excluding hydrogens is 260 g/mol. The number of aromatic nitrogens is 3. The molecule has 4 nitrogen and oxygen atoms in total. The van der Waals surface area contributed by atoms with Gasteiger partial charge in [0, 0.05) is 12.2 Å². The van der Waals surface area contributed by atoms with Crippen molar-refractivity contribution < 1.29 is 0 Å². The summed E-state index contributed by atoms with van der Waals surface area (Å²) >= 11 is 0. The normalized spacial score (nSPS) is 21.1. The fourth-order valence-corrected chi connectivity index (χ4v) is 4.10. The minimum Gasteiger partial charge on any atom is -0.367 e. The van der Waals surface area contributed by atoms with Crippen LogP contribution >= 0.6 is 0 Å². The van der Waals surface area contributed by atoms with Gasteiger partial charge in [-0.05, 0) is 37.2 Å². The minimum absolute atomic E-state index is 0.586. The van der Waals surface area contributed by atoms with Crippen molar-refractivity contribution in [2.45, 2.75) is 69.7 Å². The Bertz CT molecular complexity index is 606. The molecular formula is C17H24N4. The Morgan fingerprint density at radius 1 is 0.952 bits per heavy atom. The lowest BCUT2D eigenvalue weighted by atomic mass is 9.95. The van der Waals surface area contributed by atoms with E-state index in [1.165, 1.54) is 68.7 Å². The van der Waals surface area contributed by atoms with Crippen LogP contribution in [0.25, 0.3) is 11.0 Å². The van der Waals surface area contributed by atoms with E-state index in [-0.39, 0.29) is 0 Å². The first-order valence-electron chi connectivity index (χ1n) is 8.50. The average molecular weight is 284 g/mol. The maximum absolute atomic E-state index is 4.56. The minimum atomic E-state index is 0.586. The molecule has 2 aromatic heterocycles. The predicted molar refractivity (Wildman–Crippen MR) is 85.6 cm³/mol. The summed E-state index contributed by atoms with van der Waals surface area (Å²) in [5.74, 6) is 1.74. The van der Waals surface area contributed by atoms with Crippen molar-refractivity contribution in [2.24, 2.45) is 0 Å². The molecule has 0 saturated heterocycles. The third-order valence-electron chi connectivity index (χ3n) is 5.24. The van der Waals surface area contributed by atoms with Crippen LogP contribution in [0.15, 0.2) is 12.5 Å². The van der Waals surface area contributed by atoms with Crippen LogP contribution in [-0.2, 0) is 0 Å². The van der Waals surface area contributed by atoms with E-state index in [0.717, 1.165) is 11.5 Å². The molecule has 112 valence electrons. The number of hydrogen-bond donors (Lipinski definition) is 2. The van der Waals surface area contributed by atoms with Gasteiger partial charge >= 0.3 is 0 Å². The van der Waals surface area contributed by atoms with Crippen LogP contribution < -0.4 is 5.32 Å². The van der Waals surface area contributed by atoms with Crippen molar-refractivity contribution in [1.82, 2.24) is 15.0 Å². The molecule has 0 atom stereocenters. The Kier molecular flexibility index (Phi) is 3.53. The summed E-state index contributed by atoms with van der Waals surface area (Å²) in [6, 6.07) is 0.586. The van der Waals surface area contributed by atoms with Crippen molar-refractivity contribution in [3.05, 3.63) is 18.1 Å². The van der Waals surface area contributed by atoms with Gasteiger partial charge in [-0.1, -0.05) is 32.1 Å². The van der Waals surface area contributed by atoms with Crippen LogP contribution in [0, 0.1) is 0 Å². The van der Waals surface area contributed by atoms with Crippen LogP contribution in [-0.4, -0.2) is 21.0 Å². The molecule has 0 aromatic carbocycles. The summed E-state index contributed by atoms with van der Waals surface area (Å²) in [7, 11) is 0. The highest BCUT2D eigenvalue weighted by molar-refractivity contribution is 5.91. The molecule has 2 aliphatic carbocycles. The van der Waals surface area contributed by atoms with Gasteiger partial charge < -0.3 is 10.3 Å². The zero-order valence-corrected chi connectivity index (χ0v) is 12.6. The number of aromatic amines is 1. The van der Waals surface area contributed by atoms with Gasteiger partial charge in [0.05, 0.1) is 5.39 Å². The van der Waals surface area contributed by atoms with Gasteiger partial charge in [0.1, 0.15) is 17.8 Å². The van der Waals surface area contributed by atoms with E-state index in [1.807, 2.05) is 0 Å². The van der Waals surface area contributed by atoms with E-state index in [2.05, 4.69) is 26.5 Å². The highest BCUT2D eigenvalue weighted by Gasteiger charge is 2.23. The summed E-state index contributed by atoms with van der Waals surface area (Å²) in [5, 5.41) is 4.95. The molecule has 0 bridgehead atoms. The third kappa shape index (κ3) is 2.52. The zero-order chi connectivity index (χ0) is 14.1. The number of rotatable bonds is 3. The lowest BCUT2D eigenvalue weighted by Gasteiger charge is -2.24. The summed E-state index contributed by atoms with van der Waals surface area (Å²) in [6.07, 6.45) is 15.8. The molecule has 0 spiro atoms.